The molecular weight excluding hydrogens is 230 g/mol. The van der Waals surface area contributed by atoms with Gasteiger partial charge in [-0.25, -0.2) is 9.78 Å². The molecule has 5 heteroatoms. The normalized spacial score (nSPS) is 10.5. The Morgan fingerprint density at radius 1 is 1.39 bits per heavy atom. The summed E-state index contributed by atoms with van der Waals surface area (Å²) in [4.78, 5) is 14.7. The van der Waals surface area contributed by atoms with Crippen LogP contribution in [0.1, 0.15) is 44.7 Å². The van der Waals surface area contributed by atoms with Crippen molar-refractivity contribution in [3.05, 3.63) is 18.2 Å². The number of amides is 1. The van der Waals surface area contributed by atoms with Gasteiger partial charge in [0.2, 0.25) is 0 Å². The lowest BCUT2D eigenvalue weighted by atomic mass is 10.2. The van der Waals surface area contributed by atoms with Crippen molar-refractivity contribution in [2.45, 2.75) is 52.0 Å². The van der Waals surface area contributed by atoms with Crippen LogP contribution in [0.25, 0.3) is 0 Å². The second-order valence-electron chi connectivity index (χ2n) is 4.43. The molecule has 1 heterocycles. The van der Waals surface area contributed by atoms with Crippen LogP contribution in [0.15, 0.2) is 12.5 Å². The van der Waals surface area contributed by atoms with E-state index >= 15 is 0 Å². The minimum Gasteiger partial charge on any atom is -0.450 e. The van der Waals surface area contributed by atoms with Crippen molar-refractivity contribution in [2.24, 2.45) is 5.73 Å². The maximum absolute atomic E-state index is 10.4. The number of aryl methyl sites for hydroxylation is 2. The summed E-state index contributed by atoms with van der Waals surface area (Å²) in [6.45, 7) is 3.60. The van der Waals surface area contributed by atoms with Crippen molar-refractivity contribution < 1.29 is 9.53 Å². The summed E-state index contributed by atoms with van der Waals surface area (Å²) in [5, 5.41) is 0. The molecule has 1 amide bonds. The van der Waals surface area contributed by atoms with Crippen LogP contribution < -0.4 is 5.73 Å². The molecule has 0 spiro atoms. The first kappa shape index (κ1) is 14.5. The van der Waals surface area contributed by atoms with E-state index in [4.69, 9.17) is 5.73 Å². The van der Waals surface area contributed by atoms with E-state index in [2.05, 4.69) is 27.4 Å². The second-order valence-corrected chi connectivity index (χ2v) is 4.43. The van der Waals surface area contributed by atoms with E-state index < -0.39 is 6.09 Å². The minimum absolute atomic E-state index is 0.360. The van der Waals surface area contributed by atoms with Gasteiger partial charge in [0.15, 0.2) is 0 Å². The molecular formula is C13H23N3O2. The highest BCUT2D eigenvalue weighted by atomic mass is 16.5. The van der Waals surface area contributed by atoms with Gasteiger partial charge >= 0.3 is 6.09 Å². The highest BCUT2D eigenvalue weighted by molar-refractivity contribution is 5.64. The molecule has 1 aromatic rings. The number of nitrogens with two attached hydrogens (primary N) is 1. The average Bonchev–Trinajstić information content (AvgIpc) is 2.78. The molecule has 102 valence electrons. The van der Waals surface area contributed by atoms with Crippen molar-refractivity contribution in [1.29, 1.82) is 0 Å². The number of unbranched alkanes of at least 4 members (excludes halogenated alkanes) is 3. The lowest BCUT2D eigenvalue weighted by molar-refractivity contribution is 0.155. The summed E-state index contributed by atoms with van der Waals surface area (Å²) in [7, 11) is 0. The van der Waals surface area contributed by atoms with Crippen molar-refractivity contribution in [3.8, 4) is 0 Å². The van der Waals surface area contributed by atoms with E-state index in [1.165, 1.54) is 25.7 Å². The fraction of sp³-hybridized carbons (Fsp3) is 0.692. The number of carbonyl (C=O) groups is 1. The first-order valence-electron chi connectivity index (χ1n) is 6.65. The van der Waals surface area contributed by atoms with Gasteiger partial charge in [-0.1, -0.05) is 26.2 Å². The smallest absolute Gasteiger partial charge is 0.404 e. The highest BCUT2D eigenvalue weighted by Gasteiger charge is 2.00. The molecule has 0 radical (unpaired) electrons. The van der Waals surface area contributed by atoms with Crippen molar-refractivity contribution in [2.75, 3.05) is 6.61 Å². The van der Waals surface area contributed by atoms with Crippen molar-refractivity contribution in [1.82, 2.24) is 9.55 Å². The zero-order valence-electron chi connectivity index (χ0n) is 11.1. The van der Waals surface area contributed by atoms with Gasteiger partial charge in [-0.2, -0.15) is 0 Å². The van der Waals surface area contributed by atoms with Gasteiger partial charge in [0.1, 0.15) is 0 Å². The van der Waals surface area contributed by atoms with Crippen LogP contribution in [-0.2, 0) is 17.7 Å². The predicted molar refractivity (Wildman–Crippen MR) is 70.2 cm³/mol. The summed E-state index contributed by atoms with van der Waals surface area (Å²) in [6.07, 6.45) is 9.83. The SMILES string of the molecule is CCCCCCn1cnc(CCCOC(N)=O)c1. The molecule has 1 aromatic heterocycles. The fourth-order valence-electron chi connectivity index (χ4n) is 1.80. The van der Waals surface area contributed by atoms with Gasteiger partial charge in [0, 0.05) is 12.7 Å². The molecule has 0 unspecified atom stereocenters. The Morgan fingerprint density at radius 2 is 2.22 bits per heavy atom. The third-order valence-electron chi connectivity index (χ3n) is 2.78. The van der Waals surface area contributed by atoms with Crippen LogP contribution in [0.4, 0.5) is 4.79 Å². The molecule has 0 atom stereocenters. The molecule has 0 aliphatic heterocycles. The van der Waals surface area contributed by atoms with E-state index in [0.29, 0.717) is 6.61 Å². The molecule has 0 bridgehead atoms. The van der Waals surface area contributed by atoms with Crippen LogP contribution in [0.3, 0.4) is 0 Å². The maximum Gasteiger partial charge on any atom is 0.404 e. The summed E-state index contributed by atoms with van der Waals surface area (Å²) >= 11 is 0. The molecule has 1 rings (SSSR count). The number of rotatable bonds is 9. The molecule has 0 saturated heterocycles. The molecule has 0 aliphatic rings. The van der Waals surface area contributed by atoms with E-state index in [9.17, 15) is 4.79 Å². The second kappa shape index (κ2) is 8.55. The third kappa shape index (κ3) is 6.27. The van der Waals surface area contributed by atoms with Gasteiger partial charge in [-0.3, -0.25) is 0 Å². The van der Waals surface area contributed by atoms with E-state index in [1.807, 2.05) is 6.33 Å². The quantitative estimate of drug-likeness (QED) is 0.687. The summed E-state index contributed by atoms with van der Waals surface area (Å²) in [5.41, 5.74) is 5.91. The van der Waals surface area contributed by atoms with Crippen LogP contribution in [0.5, 0.6) is 0 Å². The van der Waals surface area contributed by atoms with E-state index in [-0.39, 0.29) is 0 Å². The average molecular weight is 253 g/mol. The predicted octanol–water partition coefficient (Wildman–Crippen LogP) is 2.49. The fourth-order valence-corrected chi connectivity index (χ4v) is 1.80. The monoisotopic (exact) mass is 253 g/mol. The zero-order valence-corrected chi connectivity index (χ0v) is 11.1. The number of imidazole rings is 1. The Kier molecular flexibility index (Phi) is 6.91. The molecule has 0 aliphatic carbocycles. The maximum atomic E-state index is 10.4. The Hall–Kier alpha value is -1.52. The highest BCUT2D eigenvalue weighted by Crippen LogP contribution is 2.05. The Bertz CT molecular complexity index is 350. The number of hydrogen-bond donors (Lipinski definition) is 1. The van der Waals surface area contributed by atoms with Gasteiger partial charge in [0.05, 0.1) is 18.6 Å². The number of ether oxygens (including phenoxy) is 1. The molecule has 5 nitrogen and oxygen atoms in total. The van der Waals surface area contributed by atoms with Crippen LogP contribution >= 0.6 is 0 Å². The van der Waals surface area contributed by atoms with Crippen molar-refractivity contribution in [3.63, 3.8) is 0 Å². The lowest BCUT2D eigenvalue weighted by Crippen LogP contribution is -2.13. The number of carbonyl (C=O) groups excluding carboxylic acids is 1. The molecule has 0 aromatic carbocycles. The Morgan fingerprint density at radius 3 is 2.94 bits per heavy atom. The minimum atomic E-state index is -0.712. The van der Waals surface area contributed by atoms with Gasteiger partial charge in [-0.15, -0.1) is 0 Å². The third-order valence-corrected chi connectivity index (χ3v) is 2.78. The largest absolute Gasteiger partial charge is 0.450 e. The number of primary amides is 1. The molecule has 18 heavy (non-hydrogen) atoms. The number of aromatic nitrogens is 2. The molecule has 0 fully saturated rings. The first-order chi connectivity index (χ1) is 8.72. The Labute approximate surface area is 108 Å². The topological polar surface area (TPSA) is 70.1 Å². The number of hydrogen-bond acceptors (Lipinski definition) is 3. The van der Waals surface area contributed by atoms with Gasteiger partial charge < -0.3 is 15.0 Å². The van der Waals surface area contributed by atoms with E-state index in [0.717, 1.165) is 25.1 Å². The summed E-state index contributed by atoms with van der Waals surface area (Å²) in [6, 6.07) is 0. The number of nitrogens with zero attached hydrogens (tertiary/aromatic N) is 2. The summed E-state index contributed by atoms with van der Waals surface area (Å²) < 4.78 is 6.79. The van der Waals surface area contributed by atoms with E-state index in [1.54, 1.807) is 0 Å². The van der Waals surface area contributed by atoms with Gasteiger partial charge in [-0.05, 0) is 19.3 Å². The standard InChI is InChI=1S/C13H23N3O2/c1-2-3-4-5-8-16-10-12(15-11-16)7-6-9-18-13(14)17/h10-11H,2-9H2,1H3,(H2,14,17). The molecule has 0 saturated carbocycles. The first-order valence-corrected chi connectivity index (χ1v) is 6.65. The lowest BCUT2D eigenvalue weighted by Gasteiger charge is -2.01. The van der Waals surface area contributed by atoms with Crippen LogP contribution in [0, 0.1) is 0 Å². The summed E-state index contributed by atoms with van der Waals surface area (Å²) in [5.74, 6) is 0. The van der Waals surface area contributed by atoms with Crippen LogP contribution in [0.2, 0.25) is 0 Å². The zero-order chi connectivity index (χ0) is 13.2. The van der Waals surface area contributed by atoms with Crippen molar-refractivity contribution >= 4 is 6.09 Å². The Balaban J connectivity index is 2.15. The van der Waals surface area contributed by atoms with Crippen LogP contribution in [-0.4, -0.2) is 22.3 Å². The van der Waals surface area contributed by atoms with Gasteiger partial charge in [0.25, 0.3) is 0 Å². The molecule has 2 N–H and O–H groups in total.